The molecule has 0 bridgehead atoms. The van der Waals surface area contributed by atoms with Crippen molar-refractivity contribution in [3.8, 4) is 11.1 Å². The molecule has 0 aliphatic carbocycles. The lowest BCUT2D eigenvalue weighted by Crippen LogP contribution is -2.30. The second-order valence-electron chi connectivity index (χ2n) is 7.93. The van der Waals surface area contributed by atoms with Crippen molar-refractivity contribution in [1.82, 2.24) is 4.57 Å². The molecule has 4 nitrogen and oxygen atoms in total. The zero-order valence-corrected chi connectivity index (χ0v) is 17.8. The highest BCUT2D eigenvalue weighted by Crippen LogP contribution is 2.36. The summed E-state index contributed by atoms with van der Waals surface area (Å²) in [4.78, 5) is 25.2. The van der Waals surface area contributed by atoms with Gasteiger partial charge in [0, 0.05) is 23.0 Å². The van der Waals surface area contributed by atoms with E-state index in [0.717, 1.165) is 28.4 Å². The molecule has 29 heavy (non-hydrogen) atoms. The van der Waals surface area contributed by atoms with Crippen LogP contribution < -0.4 is 5.56 Å². The van der Waals surface area contributed by atoms with Gasteiger partial charge in [-0.15, -0.1) is 0 Å². The fourth-order valence-corrected chi connectivity index (χ4v) is 3.59. The molecule has 0 spiro atoms. The topological polar surface area (TPSA) is 48.3 Å². The van der Waals surface area contributed by atoms with E-state index in [-0.39, 0.29) is 5.56 Å². The number of benzene rings is 2. The van der Waals surface area contributed by atoms with Crippen molar-refractivity contribution in [2.24, 2.45) is 7.05 Å². The summed E-state index contributed by atoms with van der Waals surface area (Å²) in [6.45, 7) is 9.42. The summed E-state index contributed by atoms with van der Waals surface area (Å²) < 4.78 is 7.52. The molecule has 0 radical (unpaired) electrons. The SMILES string of the molecule is C=Cc1ccc2c(-c3ccc(Cl)cc3)c(C(C=O)OC(C)(C)C)n(C)c(=O)c2c1. The van der Waals surface area contributed by atoms with Crippen LogP contribution in [0.3, 0.4) is 0 Å². The highest BCUT2D eigenvalue weighted by atomic mass is 35.5. The number of fused-ring (bicyclic) bond motifs is 1. The lowest BCUT2D eigenvalue weighted by molar-refractivity contribution is -0.129. The first-order valence-electron chi connectivity index (χ1n) is 9.34. The molecule has 1 atom stereocenters. The Bertz CT molecular complexity index is 1140. The third-order valence-corrected chi connectivity index (χ3v) is 4.96. The lowest BCUT2D eigenvalue weighted by Gasteiger charge is -2.28. The van der Waals surface area contributed by atoms with Crippen LogP contribution in [0.1, 0.15) is 38.1 Å². The molecule has 0 aliphatic rings. The number of aldehydes is 1. The van der Waals surface area contributed by atoms with E-state index >= 15 is 0 Å². The van der Waals surface area contributed by atoms with Crippen molar-refractivity contribution < 1.29 is 9.53 Å². The first-order valence-corrected chi connectivity index (χ1v) is 9.72. The molecular formula is C24H24ClNO3. The van der Waals surface area contributed by atoms with Crippen molar-refractivity contribution in [1.29, 1.82) is 0 Å². The fourth-order valence-electron chi connectivity index (χ4n) is 3.46. The molecule has 2 aromatic carbocycles. The van der Waals surface area contributed by atoms with E-state index in [1.165, 1.54) is 4.57 Å². The van der Waals surface area contributed by atoms with Gasteiger partial charge in [-0.05, 0) is 55.5 Å². The van der Waals surface area contributed by atoms with E-state index in [2.05, 4.69) is 6.58 Å². The Hall–Kier alpha value is -2.69. The number of hydrogen-bond donors (Lipinski definition) is 0. The molecule has 1 aromatic heterocycles. The van der Waals surface area contributed by atoms with Gasteiger partial charge in [0.05, 0.1) is 11.3 Å². The van der Waals surface area contributed by atoms with Crippen LogP contribution in [0.4, 0.5) is 0 Å². The summed E-state index contributed by atoms with van der Waals surface area (Å²) in [7, 11) is 1.67. The zero-order valence-electron chi connectivity index (χ0n) is 17.0. The van der Waals surface area contributed by atoms with Gasteiger partial charge in [0.25, 0.3) is 5.56 Å². The second-order valence-corrected chi connectivity index (χ2v) is 8.36. The maximum atomic E-state index is 13.2. The maximum absolute atomic E-state index is 13.2. The standard InChI is InChI=1S/C24H24ClNO3/c1-6-15-7-12-18-19(13-15)23(28)26(5)22(20(14-27)29-24(2,3)4)21(18)16-8-10-17(25)11-9-16/h6-14,20H,1H2,2-5H3. The Morgan fingerprint density at radius 3 is 2.31 bits per heavy atom. The largest absolute Gasteiger partial charge is 0.359 e. The Balaban J connectivity index is 2.45. The highest BCUT2D eigenvalue weighted by molar-refractivity contribution is 6.30. The van der Waals surface area contributed by atoms with Crippen LogP contribution in [0.15, 0.2) is 53.8 Å². The first-order chi connectivity index (χ1) is 13.7. The fraction of sp³-hybridized carbons (Fsp3) is 0.250. The number of carbonyl (C=O) groups is 1. The van der Waals surface area contributed by atoms with Crippen LogP contribution in [0.5, 0.6) is 0 Å². The van der Waals surface area contributed by atoms with E-state index < -0.39 is 11.7 Å². The summed E-state index contributed by atoms with van der Waals surface area (Å²) in [6.07, 6.45) is 1.54. The normalized spacial score (nSPS) is 12.7. The van der Waals surface area contributed by atoms with Crippen molar-refractivity contribution in [2.75, 3.05) is 0 Å². The van der Waals surface area contributed by atoms with Crippen molar-refractivity contribution in [3.05, 3.63) is 75.7 Å². The van der Waals surface area contributed by atoms with Gasteiger partial charge in [0.15, 0.2) is 12.4 Å². The molecule has 0 fully saturated rings. The van der Waals surface area contributed by atoms with Gasteiger partial charge >= 0.3 is 0 Å². The predicted octanol–water partition coefficient (Wildman–Crippen LogP) is 5.56. The number of rotatable bonds is 5. The molecule has 0 amide bonds. The predicted molar refractivity (Wildman–Crippen MR) is 119 cm³/mol. The van der Waals surface area contributed by atoms with Crippen LogP contribution in [-0.2, 0) is 16.6 Å². The number of pyridine rings is 1. The number of nitrogens with zero attached hydrogens (tertiary/aromatic N) is 1. The van der Waals surface area contributed by atoms with Crippen LogP contribution in [0, 0.1) is 0 Å². The molecule has 0 N–H and O–H groups in total. The first kappa shape index (κ1) is 21.0. The summed E-state index contributed by atoms with van der Waals surface area (Å²) in [5.41, 5.74) is 2.22. The summed E-state index contributed by atoms with van der Waals surface area (Å²) >= 11 is 6.08. The smallest absolute Gasteiger partial charge is 0.258 e. The zero-order chi connectivity index (χ0) is 21.3. The molecule has 1 heterocycles. The number of carbonyl (C=O) groups excluding carboxylic acids is 1. The molecule has 3 rings (SSSR count). The molecule has 5 heteroatoms. The number of aromatic nitrogens is 1. The monoisotopic (exact) mass is 409 g/mol. The number of hydrogen-bond acceptors (Lipinski definition) is 3. The molecule has 0 aliphatic heterocycles. The van der Waals surface area contributed by atoms with E-state index in [1.807, 2.05) is 51.1 Å². The van der Waals surface area contributed by atoms with E-state index in [0.29, 0.717) is 16.1 Å². The third kappa shape index (κ3) is 4.19. The average molecular weight is 410 g/mol. The minimum absolute atomic E-state index is 0.194. The van der Waals surface area contributed by atoms with E-state index in [1.54, 1.807) is 25.3 Å². The van der Waals surface area contributed by atoms with Gasteiger partial charge < -0.3 is 14.1 Å². The van der Waals surface area contributed by atoms with Crippen LogP contribution >= 0.6 is 11.6 Å². The second kappa shape index (κ2) is 7.97. The Kier molecular flexibility index (Phi) is 5.78. The molecule has 1 unspecified atom stereocenters. The van der Waals surface area contributed by atoms with Gasteiger partial charge in [-0.25, -0.2) is 0 Å². The van der Waals surface area contributed by atoms with Gasteiger partial charge in [-0.3, -0.25) is 4.79 Å². The van der Waals surface area contributed by atoms with Crippen LogP contribution in [0.2, 0.25) is 5.02 Å². The van der Waals surface area contributed by atoms with Crippen LogP contribution in [-0.4, -0.2) is 16.5 Å². The van der Waals surface area contributed by atoms with Crippen LogP contribution in [0.25, 0.3) is 28.0 Å². The molecule has 0 saturated carbocycles. The molecular weight excluding hydrogens is 386 g/mol. The van der Waals surface area contributed by atoms with Crippen molar-refractivity contribution in [3.63, 3.8) is 0 Å². The van der Waals surface area contributed by atoms with Gasteiger partial charge in [0.2, 0.25) is 0 Å². The number of halogens is 1. The van der Waals surface area contributed by atoms with Gasteiger partial charge in [0.1, 0.15) is 0 Å². The third-order valence-electron chi connectivity index (χ3n) is 4.71. The minimum atomic E-state index is -0.901. The van der Waals surface area contributed by atoms with E-state index in [4.69, 9.17) is 16.3 Å². The molecule has 150 valence electrons. The summed E-state index contributed by atoms with van der Waals surface area (Å²) in [5.74, 6) is 0. The summed E-state index contributed by atoms with van der Waals surface area (Å²) in [5, 5.41) is 1.91. The number of ether oxygens (including phenoxy) is 1. The Morgan fingerprint density at radius 1 is 1.10 bits per heavy atom. The molecule has 3 aromatic rings. The highest BCUT2D eigenvalue weighted by Gasteiger charge is 2.27. The molecule has 0 saturated heterocycles. The van der Waals surface area contributed by atoms with Crippen molar-refractivity contribution in [2.45, 2.75) is 32.5 Å². The van der Waals surface area contributed by atoms with E-state index in [9.17, 15) is 9.59 Å². The maximum Gasteiger partial charge on any atom is 0.258 e. The van der Waals surface area contributed by atoms with Gasteiger partial charge in [-0.1, -0.05) is 48.5 Å². The quantitative estimate of drug-likeness (QED) is 0.518. The van der Waals surface area contributed by atoms with Crippen molar-refractivity contribution >= 4 is 34.7 Å². The van der Waals surface area contributed by atoms with Gasteiger partial charge in [-0.2, -0.15) is 0 Å². The lowest BCUT2D eigenvalue weighted by atomic mass is 9.93. The Labute approximate surface area is 175 Å². The summed E-state index contributed by atoms with van der Waals surface area (Å²) in [6, 6.07) is 12.9. The minimum Gasteiger partial charge on any atom is -0.359 e. The Morgan fingerprint density at radius 2 is 1.76 bits per heavy atom. The average Bonchev–Trinajstić information content (AvgIpc) is 2.68.